The molecule has 0 saturated carbocycles. The van der Waals surface area contributed by atoms with Gasteiger partial charge in [0.1, 0.15) is 11.5 Å². The molecule has 106 valence electrons. The second-order valence-corrected chi connectivity index (χ2v) is 5.35. The van der Waals surface area contributed by atoms with Crippen LogP contribution in [0.3, 0.4) is 0 Å². The van der Waals surface area contributed by atoms with Gasteiger partial charge in [0.15, 0.2) is 0 Å². The van der Waals surface area contributed by atoms with Crippen molar-refractivity contribution in [3.8, 4) is 11.5 Å². The van der Waals surface area contributed by atoms with Gasteiger partial charge in [-0.3, -0.25) is 0 Å². The highest BCUT2D eigenvalue weighted by Gasteiger charge is 2.04. The van der Waals surface area contributed by atoms with Crippen molar-refractivity contribution in [1.29, 1.82) is 0 Å². The number of aryl methyl sites for hydroxylation is 1. The van der Waals surface area contributed by atoms with Crippen molar-refractivity contribution < 1.29 is 9.47 Å². The first-order valence-corrected chi connectivity index (χ1v) is 7.14. The molecule has 0 aliphatic rings. The van der Waals surface area contributed by atoms with Gasteiger partial charge in [0.2, 0.25) is 0 Å². The van der Waals surface area contributed by atoms with E-state index in [-0.39, 0.29) is 0 Å². The molecule has 0 unspecified atom stereocenters. The Balaban J connectivity index is 2.10. The zero-order chi connectivity index (χ0) is 14.5. The second-order valence-electron chi connectivity index (χ2n) is 4.50. The highest BCUT2D eigenvalue weighted by Crippen LogP contribution is 2.25. The monoisotopic (exact) mass is 335 g/mol. The molecule has 2 aromatic carbocycles. The lowest BCUT2D eigenvalue weighted by Crippen LogP contribution is -2.01. The number of hydrogen-bond donors (Lipinski definition) is 1. The van der Waals surface area contributed by atoms with Crippen LogP contribution in [-0.2, 0) is 6.54 Å². The third-order valence-corrected chi connectivity index (χ3v) is 3.90. The number of benzene rings is 2. The molecule has 0 fully saturated rings. The van der Waals surface area contributed by atoms with Crippen molar-refractivity contribution in [2.45, 2.75) is 13.5 Å². The molecule has 2 rings (SSSR count). The summed E-state index contributed by atoms with van der Waals surface area (Å²) >= 11 is 3.55. The number of ether oxygens (including phenoxy) is 2. The molecule has 20 heavy (non-hydrogen) atoms. The fraction of sp³-hybridized carbons (Fsp3) is 0.250. The Morgan fingerprint density at radius 2 is 1.85 bits per heavy atom. The largest absolute Gasteiger partial charge is 0.497 e. The first-order valence-electron chi connectivity index (χ1n) is 6.35. The third-order valence-electron chi connectivity index (χ3n) is 3.13. The molecule has 0 spiro atoms. The third kappa shape index (κ3) is 3.45. The number of anilines is 1. The Morgan fingerprint density at radius 1 is 1.05 bits per heavy atom. The van der Waals surface area contributed by atoms with Crippen LogP contribution in [0.2, 0.25) is 0 Å². The summed E-state index contributed by atoms with van der Waals surface area (Å²) in [5.41, 5.74) is 3.33. The van der Waals surface area contributed by atoms with Crippen LogP contribution in [0.4, 0.5) is 5.69 Å². The van der Waals surface area contributed by atoms with E-state index in [1.54, 1.807) is 14.2 Å². The molecule has 0 aromatic heterocycles. The molecule has 0 aliphatic carbocycles. The Kier molecular flexibility index (Phi) is 4.90. The van der Waals surface area contributed by atoms with E-state index in [9.17, 15) is 0 Å². The highest BCUT2D eigenvalue weighted by atomic mass is 79.9. The SMILES string of the molecule is COc1ccc(Br)c(CNc2ccc(OC)c(C)c2)c1. The Labute approximate surface area is 128 Å². The summed E-state index contributed by atoms with van der Waals surface area (Å²) in [4.78, 5) is 0. The molecule has 0 aliphatic heterocycles. The molecule has 3 nitrogen and oxygen atoms in total. The number of methoxy groups -OCH3 is 2. The van der Waals surface area contributed by atoms with Gasteiger partial charge in [-0.25, -0.2) is 0 Å². The Bertz CT molecular complexity index is 599. The van der Waals surface area contributed by atoms with Crippen molar-refractivity contribution in [3.63, 3.8) is 0 Å². The van der Waals surface area contributed by atoms with Gasteiger partial charge < -0.3 is 14.8 Å². The van der Waals surface area contributed by atoms with Gasteiger partial charge in [-0.2, -0.15) is 0 Å². The van der Waals surface area contributed by atoms with E-state index in [2.05, 4.69) is 27.3 Å². The number of nitrogens with one attached hydrogen (secondary N) is 1. The summed E-state index contributed by atoms with van der Waals surface area (Å²) in [6.45, 7) is 2.76. The fourth-order valence-corrected chi connectivity index (χ4v) is 2.39. The highest BCUT2D eigenvalue weighted by molar-refractivity contribution is 9.10. The molecule has 4 heteroatoms. The molecule has 1 N–H and O–H groups in total. The van der Waals surface area contributed by atoms with Crippen LogP contribution < -0.4 is 14.8 Å². The molecule has 0 atom stereocenters. The molecule has 0 bridgehead atoms. The normalized spacial score (nSPS) is 10.2. The van der Waals surface area contributed by atoms with Crippen LogP contribution in [0.15, 0.2) is 40.9 Å². The van der Waals surface area contributed by atoms with E-state index in [0.717, 1.165) is 39.3 Å². The minimum absolute atomic E-state index is 0.726. The lowest BCUT2D eigenvalue weighted by Gasteiger charge is -2.12. The van der Waals surface area contributed by atoms with Crippen LogP contribution in [-0.4, -0.2) is 14.2 Å². The van der Waals surface area contributed by atoms with Gasteiger partial charge in [-0.05, 0) is 54.4 Å². The zero-order valence-corrected chi connectivity index (χ0v) is 13.5. The summed E-state index contributed by atoms with van der Waals surface area (Å²) in [7, 11) is 3.36. The molecule has 0 radical (unpaired) electrons. The second kappa shape index (κ2) is 6.66. The summed E-state index contributed by atoms with van der Waals surface area (Å²) in [5, 5.41) is 3.40. The van der Waals surface area contributed by atoms with Gasteiger partial charge in [0, 0.05) is 16.7 Å². The van der Waals surface area contributed by atoms with Crippen molar-refractivity contribution in [2.24, 2.45) is 0 Å². The van der Waals surface area contributed by atoms with Crippen LogP contribution in [0, 0.1) is 6.92 Å². The van der Waals surface area contributed by atoms with Gasteiger partial charge in [0.05, 0.1) is 14.2 Å². The molecule has 2 aromatic rings. The first kappa shape index (κ1) is 14.7. The van der Waals surface area contributed by atoms with E-state index < -0.39 is 0 Å². The minimum atomic E-state index is 0.726. The topological polar surface area (TPSA) is 30.5 Å². The summed E-state index contributed by atoms with van der Waals surface area (Å²) in [6, 6.07) is 12.0. The van der Waals surface area contributed by atoms with Crippen molar-refractivity contribution in [3.05, 3.63) is 52.0 Å². The number of halogens is 1. The smallest absolute Gasteiger partial charge is 0.121 e. The van der Waals surface area contributed by atoms with Crippen LogP contribution in [0.1, 0.15) is 11.1 Å². The molecular weight excluding hydrogens is 318 g/mol. The van der Waals surface area contributed by atoms with Crippen LogP contribution >= 0.6 is 15.9 Å². The Hall–Kier alpha value is -1.68. The van der Waals surface area contributed by atoms with E-state index in [1.807, 2.05) is 37.3 Å². The lowest BCUT2D eigenvalue weighted by atomic mass is 10.1. The number of hydrogen-bond acceptors (Lipinski definition) is 3. The molecule has 0 amide bonds. The van der Waals surface area contributed by atoms with Crippen molar-refractivity contribution >= 4 is 21.6 Å². The van der Waals surface area contributed by atoms with Crippen LogP contribution in [0.25, 0.3) is 0 Å². The summed E-state index contributed by atoms with van der Waals surface area (Å²) < 4.78 is 11.6. The average molecular weight is 336 g/mol. The van der Waals surface area contributed by atoms with E-state index in [4.69, 9.17) is 9.47 Å². The van der Waals surface area contributed by atoms with Crippen LogP contribution in [0.5, 0.6) is 11.5 Å². The summed E-state index contributed by atoms with van der Waals surface area (Å²) in [5.74, 6) is 1.76. The van der Waals surface area contributed by atoms with Gasteiger partial charge in [-0.1, -0.05) is 15.9 Å². The molecular formula is C16H18BrNO2. The maximum atomic E-state index is 5.26. The quantitative estimate of drug-likeness (QED) is 0.879. The number of rotatable bonds is 5. The van der Waals surface area contributed by atoms with Gasteiger partial charge in [0.25, 0.3) is 0 Å². The van der Waals surface area contributed by atoms with E-state index in [0.29, 0.717) is 0 Å². The minimum Gasteiger partial charge on any atom is -0.497 e. The average Bonchev–Trinajstić information content (AvgIpc) is 2.46. The predicted molar refractivity (Wildman–Crippen MR) is 85.8 cm³/mol. The van der Waals surface area contributed by atoms with Crippen molar-refractivity contribution in [1.82, 2.24) is 0 Å². The van der Waals surface area contributed by atoms with E-state index in [1.165, 1.54) is 0 Å². The lowest BCUT2D eigenvalue weighted by molar-refractivity contribution is 0.412. The van der Waals surface area contributed by atoms with Crippen molar-refractivity contribution in [2.75, 3.05) is 19.5 Å². The van der Waals surface area contributed by atoms with E-state index >= 15 is 0 Å². The standard InChI is InChI=1S/C16H18BrNO2/c1-11-8-13(4-7-16(11)20-3)18-10-12-9-14(19-2)5-6-15(12)17/h4-9,18H,10H2,1-3H3. The maximum Gasteiger partial charge on any atom is 0.121 e. The predicted octanol–water partition coefficient (Wildman–Crippen LogP) is 4.39. The van der Waals surface area contributed by atoms with Gasteiger partial charge >= 0.3 is 0 Å². The maximum absolute atomic E-state index is 5.26. The zero-order valence-electron chi connectivity index (χ0n) is 11.9. The molecule has 0 heterocycles. The first-order chi connectivity index (χ1) is 9.63. The molecule has 0 saturated heterocycles. The van der Waals surface area contributed by atoms with Gasteiger partial charge in [-0.15, -0.1) is 0 Å². The summed E-state index contributed by atoms with van der Waals surface area (Å²) in [6.07, 6.45) is 0. The fourth-order valence-electron chi connectivity index (χ4n) is 2.00. The Morgan fingerprint density at radius 3 is 2.50 bits per heavy atom.